The predicted molar refractivity (Wildman–Crippen MR) is 34.3 cm³/mol. The van der Waals surface area contributed by atoms with Crippen LogP contribution in [0, 0.1) is 0 Å². The molecule has 2 rings (SSSR count). The molecule has 4 nitrogen and oxygen atoms in total. The van der Waals surface area contributed by atoms with E-state index in [9.17, 15) is 0 Å². The maximum absolute atomic E-state index is 3.30. The standard InChI is InChI=1S/C5H12N4/c1-3-8(4-2-6-1)9-5-7-9/h6-7H,1-5H2. The van der Waals surface area contributed by atoms with Crippen molar-refractivity contribution in [3.8, 4) is 0 Å². The number of hydrazine groups is 2. The third-order valence-electron chi connectivity index (χ3n) is 1.73. The van der Waals surface area contributed by atoms with Gasteiger partial charge >= 0.3 is 0 Å². The Hall–Kier alpha value is -0.160. The van der Waals surface area contributed by atoms with Crippen LogP contribution < -0.4 is 10.7 Å². The highest BCUT2D eigenvalue weighted by Gasteiger charge is 2.25. The van der Waals surface area contributed by atoms with Crippen molar-refractivity contribution < 1.29 is 0 Å². The summed E-state index contributed by atoms with van der Waals surface area (Å²) in [7, 11) is 0. The van der Waals surface area contributed by atoms with Gasteiger partial charge in [-0.15, -0.1) is 0 Å². The topological polar surface area (TPSA) is 40.2 Å². The minimum atomic E-state index is 1.04. The van der Waals surface area contributed by atoms with E-state index in [4.69, 9.17) is 0 Å². The Morgan fingerprint density at radius 2 is 1.78 bits per heavy atom. The minimum absolute atomic E-state index is 1.04. The zero-order valence-corrected chi connectivity index (χ0v) is 5.43. The molecule has 0 aromatic carbocycles. The van der Waals surface area contributed by atoms with Gasteiger partial charge in [0.25, 0.3) is 0 Å². The first-order valence-corrected chi connectivity index (χ1v) is 3.43. The first kappa shape index (κ1) is 5.61. The van der Waals surface area contributed by atoms with Crippen molar-refractivity contribution in [1.29, 1.82) is 0 Å². The lowest BCUT2D eigenvalue weighted by molar-refractivity contribution is 0.0566. The third kappa shape index (κ3) is 1.21. The highest BCUT2D eigenvalue weighted by Crippen LogP contribution is 2.02. The lowest BCUT2D eigenvalue weighted by Crippen LogP contribution is -2.46. The normalized spacial score (nSPS) is 36.7. The summed E-state index contributed by atoms with van der Waals surface area (Å²) in [6.07, 6.45) is 0. The van der Waals surface area contributed by atoms with Crippen molar-refractivity contribution in [2.45, 2.75) is 0 Å². The molecule has 1 atom stereocenters. The zero-order chi connectivity index (χ0) is 6.10. The van der Waals surface area contributed by atoms with E-state index < -0.39 is 0 Å². The fraction of sp³-hybridized carbons (Fsp3) is 1.00. The lowest BCUT2D eigenvalue weighted by atomic mass is 10.4. The van der Waals surface area contributed by atoms with Gasteiger partial charge in [0.05, 0.1) is 6.67 Å². The maximum atomic E-state index is 3.30. The van der Waals surface area contributed by atoms with Crippen LogP contribution in [-0.4, -0.2) is 43.0 Å². The van der Waals surface area contributed by atoms with E-state index in [1.165, 1.54) is 0 Å². The Labute approximate surface area is 54.7 Å². The van der Waals surface area contributed by atoms with E-state index in [1.54, 1.807) is 0 Å². The Morgan fingerprint density at radius 3 is 2.33 bits per heavy atom. The summed E-state index contributed by atoms with van der Waals surface area (Å²) in [5, 5.41) is 7.78. The first-order chi connectivity index (χ1) is 4.47. The van der Waals surface area contributed by atoms with E-state index in [0.29, 0.717) is 0 Å². The van der Waals surface area contributed by atoms with Crippen LogP contribution >= 0.6 is 0 Å². The van der Waals surface area contributed by atoms with Gasteiger partial charge < -0.3 is 5.32 Å². The zero-order valence-electron chi connectivity index (χ0n) is 5.43. The van der Waals surface area contributed by atoms with Crippen molar-refractivity contribution >= 4 is 0 Å². The summed E-state index contributed by atoms with van der Waals surface area (Å²) in [5.41, 5.74) is 3.14. The molecule has 2 aliphatic rings. The molecule has 2 saturated heterocycles. The molecule has 2 fully saturated rings. The number of nitrogens with one attached hydrogen (secondary N) is 2. The van der Waals surface area contributed by atoms with E-state index in [2.05, 4.69) is 20.9 Å². The van der Waals surface area contributed by atoms with E-state index in [0.717, 1.165) is 32.8 Å². The molecule has 9 heavy (non-hydrogen) atoms. The molecule has 0 amide bonds. The molecule has 0 saturated carbocycles. The summed E-state index contributed by atoms with van der Waals surface area (Å²) in [6, 6.07) is 0. The number of rotatable bonds is 1. The first-order valence-electron chi connectivity index (χ1n) is 3.43. The molecule has 0 aliphatic carbocycles. The monoisotopic (exact) mass is 128 g/mol. The quantitative estimate of drug-likeness (QED) is 0.425. The van der Waals surface area contributed by atoms with Gasteiger partial charge in [0.15, 0.2) is 0 Å². The highest BCUT2D eigenvalue weighted by molar-refractivity contribution is 4.68. The van der Waals surface area contributed by atoms with E-state index in [-0.39, 0.29) is 0 Å². The molecule has 2 aliphatic heterocycles. The van der Waals surface area contributed by atoms with E-state index >= 15 is 0 Å². The van der Waals surface area contributed by atoms with Crippen LogP contribution in [0.4, 0.5) is 0 Å². The SMILES string of the molecule is C1CN(N2CN2)CCN1. The summed E-state index contributed by atoms with van der Waals surface area (Å²) in [4.78, 5) is 0. The molecule has 52 valence electrons. The van der Waals surface area contributed by atoms with Gasteiger partial charge in [-0.2, -0.15) is 5.12 Å². The van der Waals surface area contributed by atoms with Crippen molar-refractivity contribution in [3.63, 3.8) is 0 Å². The number of hydrogen-bond acceptors (Lipinski definition) is 4. The molecule has 0 aromatic heterocycles. The average Bonchev–Trinajstić information content (AvgIpc) is 2.71. The van der Waals surface area contributed by atoms with Crippen molar-refractivity contribution in [3.05, 3.63) is 0 Å². The molecule has 2 N–H and O–H groups in total. The fourth-order valence-corrected chi connectivity index (χ4v) is 1.13. The van der Waals surface area contributed by atoms with Gasteiger partial charge in [0.2, 0.25) is 0 Å². The average molecular weight is 128 g/mol. The molecular formula is C5H12N4. The minimum Gasteiger partial charge on any atom is -0.314 e. The van der Waals surface area contributed by atoms with Crippen molar-refractivity contribution in [1.82, 2.24) is 20.9 Å². The van der Waals surface area contributed by atoms with Crippen LogP contribution in [0.1, 0.15) is 0 Å². The molecule has 0 aromatic rings. The van der Waals surface area contributed by atoms with Crippen LogP contribution in [-0.2, 0) is 0 Å². The van der Waals surface area contributed by atoms with E-state index in [1.807, 2.05) is 0 Å². The summed E-state index contributed by atoms with van der Waals surface area (Å²) in [5.74, 6) is 0. The lowest BCUT2D eigenvalue weighted by Gasteiger charge is -2.26. The Bertz CT molecular complexity index is 95.1. The molecule has 2 heterocycles. The predicted octanol–water partition coefficient (Wildman–Crippen LogP) is -1.42. The molecule has 0 spiro atoms. The molecule has 1 unspecified atom stereocenters. The summed E-state index contributed by atoms with van der Waals surface area (Å²) < 4.78 is 0. The molecule has 0 bridgehead atoms. The molecule has 0 radical (unpaired) electrons. The van der Waals surface area contributed by atoms with Gasteiger partial charge in [-0.3, -0.25) is 0 Å². The van der Waals surface area contributed by atoms with Gasteiger partial charge in [-0.05, 0) is 0 Å². The van der Waals surface area contributed by atoms with Gasteiger partial charge in [-0.1, -0.05) is 0 Å². The second-order valence-electron chi connectivity index (χ2n) is 2.42. The Morgan fingerprint density at radius 1 is 1.11 bits per heavy atom. The van der Waals surface area contributed by atoms with Crippen molar-refractivity contribution in [2.24, 2.45) is 0 Å². The molecule has 4 heteroatoms. The van der Waals surface area contributed by atoms with Gasteiger partial charge in [-0.25, -0.2) is 10.4 Å². The number of nitrogens with zero attached hydrogens (tertiary/aromatic N) is 2. The third-order valence-corrected chi connectivity index (χ3v) is 1.73. The number of piperazine rings is 1. The second kappa shape index (κ2) is 2.22. The number of hydrogen-bond donors (Lipinski definition) is 2. The summed E-state index contributed by atoms with van der Waals surface area (Å²) in [6.45, 7) is 5.58. The van der Waals surface area contributed by atoms with Crippen LogP contribution in [0.15, 0.2) is 0 Å². The highest BCUT2D eigenvalue weighted by atomic mass is 15.9. The van der Waals surface area contributed by atoms with Gasteiger partial charge in [0, 0.05) is 26.2 Å². The fourth-order valence-electron chi connectivity index (χ4n) is 1.13. The molecular weight excluding hydrogens is 116 g/mol. The smallest absolute Gasteiger partial charge is 0.0926 e. The van der Waals surface area contributed by atoms with Crippen LogP contribution in [0.3, 0.4) is 0 Å². The Balaban J connectivity index is 1.80. The Kier molecular flexibility index (Phi) is 1.39. The van der Waals surface area contributed by atoms with Crippen LogP contribution in [0.2, 0.25) is 0 Å². The van der Waals surface area contributed by atoms with Crippen LogP contribution in [0.25, 0.3) is 0 Å². The second-order valence-corrected chi connectivity index (χ2v) is 2.42. The van der Waals surface area contributed by atoms with Crippen LogP contribution in [0.5, 0.6) is 0 Å². The summed E-state index contributed by atoms with van der Waals surface area (Å²) >= 11 is 0. The van der Waals surface area contributed by atoms with Gasteiger partial charge in [0.1, 0.15) is 0 Å². The van der Waals surface area contributed by atoms with Crippen molar-refractivity contribution in [2.75, 3.05) is 32.8 Å². The maximum Gasteiger partial charge on any atom is 0.0926 e. The largest absolute Gasteiger partial charge is 0.314 e.